The molecule has 5 nitrogen and oxygen atoms in total. The first-order valence-corrected chi connectivity index (χ1v) is 9.63. The molecule has 0 spiro atoms. The molecule has 4 aromatic rings. The van der Waals surface area contributed by atoms with Crippen molar-refractivity contribution >= 4 is 23.0 Å². The van der Waals surface area contributed by atoms with Gasteiger partial charge in [-0.1, -0.05) is 30.3 Å². The lowest BCUT2D eigenvalue weighted by Gasteiger charge is -2.13. The first-order valence-electron chi connectivity index (χ1n) is 9.63. The van der Waals surface area contributed by atoms with Crippen molar-refractivity contribution in [2.45, 2.75) is 20.4 Å². The smallest absolute Gasteiger partial charge is 0.200 e. The van der Waals surface area contributed by atoms with Crippen molar-refractivity contribution in [2.24, 2.45) is 0 Å². The van der Waals surface area contributed by atoms with Crippen molar-refractivity contribution in [1.29, 1.82) is 0 Å². The molecule has 2 aromatic carbocycles. The minimum Gasteiger partial charge on any atom is -0.340 e. The zero-order valence-corrected chi connectivity index (χ0v) is 16.8. The van der Waals surface area contributed by atoms with Crippen LogP contribution in [0.2, 0.25) is 0 Å². The zero-order chi connectivity index (χ0) is 21.3. The van der Waals surface area contributed by atoms with Crippen LogP contribution in [0.1, 0.15) is 43.2 Å². The van der Waals surface area contributed by atoms with Gasteiger partial charge in [-0.3, -0.25) is 14.4 Å². The molecule has 30 heavy (non-hydrogen) atoms. The third-order valence-electron chi connectivity index (χ3n) is 5.28. The second kappa shape index (κ2) is 7.87. The lowest BCUT2D eigenvalue weighted by atomic mass is 9.99. The number of carbonyl (C=O) groups excluding carboxylic acids is 2. The van der Waals surface area contributed by atoms with Crippen LogP contribution >= 0.6 is 0 Å². The Morgan fingerprint density at radius 1 is 1.00 bits per heavy atom. The van der Waals surface area contributed by atoms with Gasteiger partial charge >= 0.3 is 0 Å². The molecule has 0 saturated heterocycles. The van der Waals surface area contributed by atoms with Crippen LogP contribution in [0.25, 0.3) is 10.9 Å². The van der Waals surface area contributed by atoms with Crippen molar-refractivity contribution in [1.82, 2.24) is 9.55 Å². The molecule has 0 radical (unpaired) electrons. The third-order valence-corrected chi connectivity index (χ3v) is 5.28. The number of pyridine rings is 2. The summed E-state index contributed by atoms with van der Waals surface area (Å²) in [5.41, 5.74) is 4.10. The first-order chi connectivity index (χ1) is 14.5. The molecule has 0 fully saturated rings. The number of aromatic nitrogens is 2. The largest absolute Gasteiger partial charge is 0.340 e. The summed E-state index contributed by atoms with van der Waals surface area (Å²) >= 11 is 0. The van der Waals surface area contributed by atoms with E-state index in [9.17, 15) is 14.4 Å². The number of hydrogen-bond donors (Lipinski definition) is 0. The van der Waals surface area contributed by atoms with Crippen LogP contribution in [-0.4, -0.2) is 21.6 Å². The van der Waals surface area contributed by atoms with E-state index in [-0.39, 0.29) is 16.8 Å². The maximum Gasteiger partial charge on any atom is 0.200 e. The van der Waals surface area contributed by atoms with Gasteiger partial charge in [0.2, 0.25) is 5.43 Å². The monoisotopic (exact) mass is 396 g/mol. The van der Waals surface area contributed by atoms with E-state index in [1.165, 1.54) is 0 Å². The highest BCUT2D eigenvalue weighted by Crippen LogP contribution is 2.17. The molecule has 2 heterocycles. The van der Waals surface area contributed by atoms with Gasteiger partial charge in [0.15, 0.2) is 12.1 Å². The fraction of sp³-hybridized carbons (Fsp3) is 0.120. The van der Waals surface area contributed by atoms with Crippen LogP contribution < -0.4 is 5.43 Å². The van der Waals surface area contributed by atoms with Crippen LogP contribution in [0.3, 0.4) is 0 Å². The van der Waals surface area contributed by atoms with Crippen LogP contribution in [0, 0.1) is 13.8 Å². The summed E-state index contributed by atoms with van der Waals surface area (Å²) in [5.74, 6) is -0.308. The average molecular weight is 396 g/mol. The van der Waals surface area contributed by atoms with Gasteiger partial charge in [-0.05, 0) is 55.3 Å². The van der Waals surface area contributed by atoms with E-state index < -0.39 is 0 Å². The molecule has 0 amide bonds. The fourth-order valence-electron chi connectivity index (χ4n) is 3.50. The second-order valence-electron chi connectivity index (χ2n) is 7.32. The number of aryl methyl sites for hydroxylation is 2. The maximum absolute atomic E-state index is 13.2. The minimum absolute atomic E-state index is 0.114. The molecule has 0 unspecified atom stereocenters. The van der Waals surface area contributed by atoms with Gasteiger partial charge in [0.1, 0.15) is 5.69 Å². The maximum atomic E-state index is 13.2. The molecule has 5 heteroatoms. The molecule has 0 aliphatic heterocycles. The van der Waals surface area contributed by atoms with E-state index in [0.29, 0.717) is 40.7 Å². The SMILES string of the molecule is Cc1ccc(C(=O)c2cn(Cc3cccc(C=O)n3)c3ccccc3c2=O)cc1C. The highest BCUT2D eigenvalue weighted by molar-refractivity contribution is 6.10. The number of hydrogen-bond acceptors (Lipinski definition) is 4. The van der Waals surface area contributed by atoms with Crippen molar-refractivity contribution in [3.05, 3.63) is 111 Å². The number of aldehydes is 1. The highest BCUT2D eigenvalue weighted by Gasteiger charge is 2.18. The molecular weight excluding hydrogens is 376 g/mol. The molecule has 0 aliphatic rings. The predicted octanol–water partition coefficient (Wildman–Crippen LogP) is 4.11. The zero-order valence-electron chi connectivity index (χ0n) is 16.8. The molecule has 4 rings (SSSR count). The van der Waals surface area contributed by atoms with E-state index in [1.54, 1.807) is 36.5 Å². The Bertz CT molecular complexity index is 1350. The summed E-state index contributed by atoms with van der Waals surface area (Å²) in [6.07, 6.45) is 2.29. The summed E-state index contributed by atoms with van der Waals surface area (Å²) in [6.45, 7) is 4.25. The first kappa shape index (κ1) is 19.5. The molecule has 0 N–H and O–H groups in total. The number of nitrogens with zero attached hydrogens (tertiary/aromatic N) is 2. The average Bonchev–Trinajstić information content (AvgIpc) is 2.77. The van der Waals surface area contributed by atoms with E-state index in [0.717, 1.165) is 11.1 Å². The lowest BCUT2D eigenvalue weighted by Crippen LogP contribution is -2.20. The summed E-state index contributed by atoms with van der Waals surface area (Å²) < 4.78 is 1.84. The molecule has 2 aromatic heterocycles. The van der Waals surface area contributed by atoms with Gasteiger partial charge in [-0.25, -0.2) is 4.98 Å². The van der Waals surface area contributed by atoms with Gasteiger partial charge in [-0.15, -0.1) is 0 Å². The third kappa shape index (κ3) is 3.57. The number of fused-ring (bicyclic) bond motifs is 1. The van der Waals surface area contributed by atoms with Gasteiger partial charge in [0, 0.05) is 17.1 Å². The highest BCUT2D eigenvalue weighted by atomic mass is 16.1. The van der Waals surface area contributed by atoms with Gasteiger partial charge < -0.3 is 4.57 Å². The summed E-state index contributed by atoms with van der Waals surface area (Å²) in [4.78, 5) is 41.7. The Labute approximate surface area is 173 Å². The minimum atomic E-state index is -0.308. The molecule has 0 saturated carbocycles. The number of benzene rings is 2. The van der Waals surface area contributed by atoms with E-state index >= 15 is 0 Å². The fourth-order valence-corrected chi connectivity index (χ4v) is 3.50. The molecule has 0 bridgehead atoms. The number of rotatable bonds is 5. The second-order valence-corrected chi connectivity index (χ2v) is 7.32. The van der Waals surface area contributed by atoms with Crippen molar-refractivity contribution < 1.29 is 9.59 Å². The van der Waals surface area contributed by atoms with Gasteiger partial charge in [0.05, 0.1) is 23.3 Å². The Morgan fingerprint density at radius 2 is 1.80 bits per heavy atom. The van der Waals surface area contributed by atoms with E-state index in [4.69, 9.17) is 0 Å². The quantitative estimate of drug-likeness (QED) is 0.376. The van der Waals surface area contributed by atoms with Crippen molar-refractivity contribution in [3.8, 4) is 0 Å². The normalized spacial score (nSPS) is 10.9. The number of ketones is 1. The van der Waals surface area contributed by atoms with Gasteiger partial charge in [0.25, 0.3) is 0 Å². The summed E-state index contributed by atoms with van der Waals surface area (Å²) in [7, 11) is 0. The predicted molar refractivity (Wildman–Crippen MR) is 116 cm³/mol. The molecular formula is C25H20N2O3. The Balaban J connectivity index is 1.87. The van der Waals surface area contributed by atoms with E-state index in [2.05, 4.69) is 4.98 Å². The number of para-hydroxylation sites is 1. The Hall–Kier alpha value is -3.86. The Kier molecular flexibility index (Phi) is 5.11. The molecule has 0 aliphatic carbocycles. The van der Waals surface area contributed by atoms with Crippen LogP contribution in [-0.2, 0) is 6.54 Å². The summed E-state index contributed by atoms with van der Waals surface area (Å²) in [6, 6.07) is 17.8. The summed E-state index contributed by atoms with van der Waals surface area (Å²) in [5, 5.41) is 0.471. The van der Waals surface area contributed by atoms with Crippen LogP contribution in [0.15, 0.2) is 71.7 Å². The topological polar surface area (TPSA) is 69.0 Å². The lowest BCUT2D eigenvalue weighted by molar-refractivity contribution is 0.103. The van der Waals surface area contributed by atoms with Crippen molar-refractivity contribution in [3.63, 3.8) is 0 Å². The molecule has 0 atom stereocenters. The molecule has 148 valence electrons. The Morgan fingerprint density at radius 3 is 2.57 bits per heavy atom. The van der Waals surface area contributed by atoms with E-state index in [1.807, 2.05) is 48.7 Å². The van der Waals surface area contributed by atoms with Crippen LogP contribution in [0.5, 0.6) is 0 Å². The van der Waals surface area contributed by atoms with Crippen molar-refractivity contribution in [2.75, 3.05) is 0 Å². The standard InChI is InChI=1S/C25H20N2O3/c1-16-10-11-18(12-17(16)2)24(29)22-14-27(13-19-6-5-7-20(15-28)26-19)23-9-4-3-8-21(23)25(22)30/h3-12,14-15H,13H2,1-2H3. The number of carbonyl (C=O) groups is 2. The van der Waals surface area contributed by atoms with Crippen LogP contribution in [0.4, 0.5) is 0 Å². The van der Waals surface area contributed by atoms with Gasteiger partial charge in [-0.2, -0.15) is 0 Å².